The lowest BCUT2D eigenvalue weighted by atomic mass is 9.97. The Hall–Kier alpha value is -1.43. The summed E-state index contributed by atoms with van der Waals surface area (Å²) in [6, 6.07) is 8.77. The van der Waals surface area contributed by atoms with Gasteiger partial charge >= 0.3 is 0 Å². The van der Waals surface area contributed by atoms with E-state index in [9.17, 15) is 0 Å². The second-order valence-corrected chi connectivity index (χ2v) is 8.69. The monoisotopic (exact) mass is 415 g/mol. The molecule has 3 rings (SSSR count). The Bertz CT molecular complexity index is 670. The maximum absolute atomic E-state index is 5.81. The van der Waals surface area contributed by atoms with E-state index in [2.05, 4.69) is 52.4 Å². The number of ether oxygens (including phenoxy) is 1. The molecule has 160 valence electrons. The average Bonchev–Trinajstić information content (AvgIpc) is 2.74. The van der Waals surface area contributed by atoms with Crippen molar-refractivity contribution in [2.24, 2.45) is 0 Å². The van der Waals surface area contributed by atoms with Crippen molar-refractivity contribution in [2.75, 3.05) is 45.9 Å². The second kappa shape index (κ2) is 12.3. The molecule has 1 aromatic rings. The van der Waals surface area contributed by atoms with Gasteiger partial charge in [-0.3, -0.25) is 4.90 Å². The molecule has 0 spiro atoms. The van der Waals surface area contributed by atoms with Crippen LogP contribution < -0.4 is 5.32 Å². The van der Waals surface area contributed by atoms with E-state index in [0.717, 1.165) is 70.4 Å². The molecule has 4 nitrogen and oxygen atoms in total. The van der Waals surface area contributed by atoms with Gasteiger partial charge in [0.1, 0.15) is 0 Å². The van der Waals surface area contributed by atoms with E-state index in [1.54, 1.807) is 5.57 Å². The minimum atomic E-state index is 0.864. The van der Waals surface area contributed by atoms with Crippen LogP contribution in [0, 0.1) is 6.92 Å². The van der Waals surface area contributed by atoms with Gasteiger partial charge in [-0.25, -0.2) is 0 Å². The van der Waals surface area contributed by atoms with Gasteiger partial charge in [-0.2, -0.15) is 0 Å². The zero-order valence-corrected chi connectivity index (χ0v) is 18.8. The van der Waals surface area contributed by atoms with Gasteiger partial charge in [-0.15, -0.1) is 0 Å². The molecule has 29 heavy (non-hydrogen) atoms. The Labute approximate surface area is 182 Å². The van der Waals surface area contributed by atoms with Crippen molar-refractivity contribution in [1.82, 2.24) is 15.1 Å². The number of allylic oxidation sites excluding steroid dienone is 1. The lowest BCUT2D eigenvalue weighted by Gasteiger charge is -2.30. The Morgan fingerprint density at radius 2 is 2.10 bits per heavy atom. The third kappa shape index (κ3) is 8.07. The standard InChI is InChI=1S/C24H37N3OS/c1-21-7-5-10-23(19-21)20-27(14-6-13-26-15-17-28-18-16-26)24(29)25-12-11-22-8-3-2-4-9-22/h5,7-8,10,19H,2-4,6,9,11-18,20H2,1H3,(H,25,29). The van der Waals surface area contributed by atoms with Crippen LogP contribution in [0.25, 0.3) is 0 Å². The second-order valence-electron chi connectivity index (χ2n) is 8.31. The van der Waals surface area contributed by atoms with Crippen LogP contribution in [-0.2, 0) is 11.3 Å². The number of nitrogens with one attached hydrogen (secondary N) is 1. The summed E-state index contributed by atoms with van der Waals surface area (Å²) in [6.45, 7) is 9.90. The molecule has 1 saturated heterocycles. The minimum absolute atomic E-state index is 0.864. The number of hydrogen-bond donors (Lipinski definition) is 1. The van der Waals surface area contributed by atoms with Crippen LogP contribution in [-0.4, -0.2) is 60.8 Å². The smallest absolute Gasteiger partial charge is 0.169 e. The van der Waals surface area contributed by atoms with E-state index >= 15 is 0 Å². The first-order chi connectivity index (χ1) is 14.2. The lowest BCUT2D eigenvalue weighted by Crippen LogP contribution is -2.42. The Kier molecular flexibility index (Phi) is 9.45. The third-order valence-electron chi connectivity index (χ3n) is 5.86. The van der Waals surface area contributed by atoms with E-state index in [1.165, 1.54) is 36.8 Å². The van der Waals surface area contributed by atoms with Gasteiger partial charge in [0, 0.05) is 39.3 Å². The van der Waals surface area contributed by atoms with Crippen molar-refractivity contribution in [2.45, 2.75) is 52.0 Å². The molecule has 0 unspecified atom stereocenters. The van der Waals surface area contributed by atoms with Crippen LogP contribution in [0.5, 0.6) is 0 Å². The Morgan fingerprint density at radius 1 is 1.24 bits per heavy atom. The summed E-state index contributed by atoms with van der Waals surface area (Å²) in [5.41, 5.74) is 4.23. The molecule has 1 aliphatic carbocycles. The topological polar surface area (TPSA) is 27.7 Å². The number of hydrogen-bond acceptors (Lipinski definition) is 3. The zero-order chi connectivity index (χ0) is 20.3. The molecule has 0 bridgehead atoms. The molecular formula is C24H37N3OS. The van der Waals surface area contributed by atoms with E-state index in [1.807, 2.05) is 0 Å². The quantitative estimate of drug-likeness (QED) is 0.480. The molecule has 0 saturated carbocycles. The Morgan fingerprint density at radius 3 is 2.86 bits per heavy atom. The van der Waals surface area contributed by atoms with Crippen molar-refractivity contribution in [3.05, 3.63) is 47.0 Å². The van der Waals surface area contributed by atoms with Crippen molar-refractivity contribution >= 4 is 17.3 Å². The number of benzene rings is 1. The van der Waals surface area contributed by atoms with Crippen LogP contribution in [0.15, 0.2) is 35.9 Å². The number of aryl methyl sites for hydroxylation is 1. The summed E-state index contributed by atoms with van der Waals surface area (Å²) in [5.74, 6) is 0. The van der Waals surface area contributed by atoms with Crippen LogP contribution in [0.4, 0.5) is 0 Å². The van der Waals surface area contributed by atoms with Gasteiger partial charge in [-0.1, -0.05) is 41.5 Å². The van der Waals surface area contributed by atoms with Gasteiger partial charge in [0.15, 0.2) is 5.11 Å². The summed E-state index contributed by atoms with van der Waals surface area (Å²) in [4.78, 5) is 4.85. The summed E-state index contributed by atoms with van der Waals surface area (Å²) in [7, 11) is 0. The molecule has 0 aromatic heterocycles. The molecule has 5 heteroatoms. The summed E-state index contributed by atoms with van der Waals surface area (Å²) in [6.07, 6.45) is 9.88. The maximum Gasteiger partial charge on any atom is 0.169 e. The first kappa shape index (κ1) is 22.3. The maximum atomic E-state index is 5.81. The molecule has 0 amide bonds. The molecule has 2 aliphatic rings. The van der Waals surface area contributed by atoms with Crippen LogP contribution in [0.1, 0.15) is 49.7 Å². The summed E-state index contributed by atoms with van der Waals surface area (Å²) in [5, 5.41) is 4.43. The number of nitrogens with zero attached hydrogens (tertiary/aromatic N) is 2. The highest BCUT2D eigenvalue weighted by molar-refractivity contribution is 7.80. The molecule has 0 atom stereocenters. The average molecular weight is 416 g/mol. The fraction of sp³-hybridized carbons (Fsp3) is 0.625. The molecule has 1 aromatic carbocycles. The summed E-state index contributed by atoms with van der Waals surface area (Å²) < 4.78 is 5.46. The molecule has 0 radical (unpaired) electrons. The van der Waals surface area contributed by atoms with Gasteiger partial charge in [0.05, 0.1) is 13.2 Å². The molecule has 1 aliphatic heterocycles. The first-order valence-corrected chi connectivity index (χ1v) is 11.7. The number of morpholine rings is 1. The fourth-order valence-electron chi connectivity index (χ4n) is 4.17. The highest BCUT2D eigenvalue weighted by Gasteiger charge is 2.14. The van der Waals surface area contributed by atoms with Gasteiger partial charge < -0.3 is 15.0 Å². The van der Waals surface area contributed by atoms with Gasteiger partial charge in [0.25, 0.3) is 0 Å². The largest absolute Gasteiger partial charge is 0.379 e. The minimum Gasteiger partial charge on any atom is -0.379 e. The highest BCUT2D eigenvalue weighted by Crippen LogP contribution is 2.19. The zero-order valence-electron chi connectivity index (χ0n) is 18.0. The molecule has 1 N–H and O–H groups in total. The van der Waals surface area contributed by atoms with Gasteiger partial charge in [0.2, 0.25) is 0 Å². The molecular weight excluding hydrogens is 378 g/mol. The van der Waals surface area contributed by atoms with Crippen LogP contribution in [0.3, 0.4) is 0 Å². The van der Waals surface area contributed by atoms with Crippen LogP contribution >= 0.6 is 12.2 Å². The molecule has 1 fully saturated rings. The predicted molar refractivity (Wildman–Crippen MR) is 125 cm³/mol. The van der Waals surface area contributed by atoms with E-state index in [0.29, 0.717) is 0 Å². The summed E-state index contributed by atoms with van der Waals surface area (Å²) >= 11 is 5.81. The SMILES string of the molecule is Cc1cccc(CN(CCCN2CCOCC2)C(=S)NCCC2=CCCCC2)c1. The lowest BCUT2D eigenvalue weighted by molar-refractivity contribution is 0.0367. The van der Waals surface area contributed by atoms with Crippen molar-refractivity contribution < 1.29 is 4.74 Å². The fourth-order valence-corrected chi connectivity index (χ4v) is 4.42. The van der Waals surface area contributed by atoms with Gasteiger partial charge in [-0.05, 0) is 63.2 Å². The van der Waals surface area contributed by atoms with E-state index < -0.39 is 0 Å². The van der Waals surface area contributed by atoms with Crippen molar-refractivity contribution in [1.29, 1.82) is 0 Å². The predicted octanol–water partition coefficient (Wildman–Crippen LogP) is 4.28. The normalized spacial score (nSPS) is 17.6. The number of rotatable bonds is 9. The van der Waals surface area contributed by atoms with Crippen molar-refractivity contribution in [3.8, 4) is 0 Å². The highest BCUT2D eigenvalue weighted by atomic mass is 32.1. The van der Waals surface area contributed by atoms with Crippen LogP contribution in [0.2, 0.25) is 0 Å². The number of thiocarbonyl (C=S) groups is 1. The third-order valence-corrected chi connectivity index (χ3v) is 6.26. The Balaban J connectivity index is 1.50. The first-order valence-electron chi connectivity index (χ1n) is 11.3. The van der Waals surface area contributed by atoms with Crippen molar-refractivity contribution in [3.63, 3.8) is 0 Å². The molecule has 1 heterocycles. The van der Waals surface area contributed by atoms with E-state index in [-0.39, 0.29) is 0 Å². The van der Waals surface area contributed by atoms with E-state index in [4.69, 9.17) is 17.0 Å².